The first-order chi connectivity index (χ1) is 9.15. The third-order valence-corrected chi connectivity index (χ3v) is 3.65. The van der Waals surface area contributed by atoms with E-state index in [1.54, 1.807) is 4.90 Å². The summed E-state index contributed by atoms with van der Waals surface area (Å²) in [7, 11) is 0. The summed E-state index contributed by atoms with van der Waals surface area (Å²) >= 11 is 0. The number of rotatable bonds is 3. The number of primary amides is 1. The first kappa shape index (κ1) is 11.8. The SMILES string of the molecule is NC(=O)C1CC(=O)N(Cc2cccc3cc[nH]c23)C1. The van der Waals surface area contributed by atoms with E-state index in [0.29, 0.717) is 13.1 Å². The molecule has 1 aliphatic heterocycles. The van der Waals surface area contributed by atoms with E-state index in [-0.39, 0.29) is 18.2 Å². The van der Waals surface area contributed by atoms with Crippen LogP contribution in [-0.4, -0.2) is 28.2 Å². The summed E-state index contributed by atoms with van der Waals surface area (Å²) in [5, 5.41) is 1.12. The van der Waals surface area contributed by atoms with Crippen molar-refractivity contribution in [2.24, 2.45) is 11.7 Å². The number of benzene rings is 1. The molecule has 0 saturated carbocycles. The Kier molecular flexibility index (Phi) is 2.74. The van der Waals surface area contributed by atoms with Crippen molar-refractivity contribution in [2.75, 3.05) is 6.54 Å². The predicted molar refractivity (Wildman–Crippen MR) is 71.0 cm³/mol. The molecule has 1 atom stereocenters. The van der Waals surface area contributed by atoms with Gasteiger partial charge in [-0.05, 0) is 17.0 Å². The average molecular weight is 257 g/mol. The summed E-state index contributed by atoms with van der Waals surface area (Å²) in [6, 6.07) is 7.98. The van der Waals surface area contributed by atoms with Gasteiger partial charge in [0.1, 0.15) is 0 Å². The largest absolute Gasteiger partial charge is 0.369 e. The Morgan fingerprint density at radius 2 is 2.26 bits per heavy atom. The Balaban J connectivity index is 1.84. The van der Waals surface area contributed by atoms with Crippen LogP contribution in [0.15, 0.2) is 30.5 Å². The summed E-state index contributed by atoms with van der Waals surface area (Å²) in [4.78, 5) is 27.9. The van der Waals surface area contributed by atoms with Crippen LogP contribution in [0, 0.1) is 5.92 Å². The minimum atomic E-state index is -0.395. The van der Waals surface area contributed by atoms with Crippen LogP contribution in [0.1, 0.15) is 12.0 Å². The zero-order chi connectivity index (χ0) is 13.4. The second kappa shape index (κ2) is 4.42. The van der Waals surface area contributed by atoms with Crippen LogP contribution in [-0.2, 0) is 16.1 Å². The minimum absolute atomic E-state index is 0.00707. The van der Waals surface area contributed by atoms with E-state index in [1.807, 2.05) is 30.5 Å². The number of hydrogen-bond donors (Lipinski definition) is 2. The monoisotopic (exact) mass is 257 g/mol. The number of hydrogen-bond acceptors (Lipinski definition) is 2. The third-order valence-electron chi connectivity index (χ3n) is 3.65. The molecule has 0 aliphatic carbocycles. The zero-order valence-electron chi connectivity index (χ0n) is 10.4. The van der Waals surface area contributed by atoms with E-state index in [0.717, 1.165) is 16.5 Å². The summed E-state index contributed by atoms with van der Waals surface area (Å²) in [5.41, 5.74) is 7.36. The Bertz CT molecular complexity index is 647. The summed E-state index contributed by atoms with van der Waals surface area (Å²) in [6.45, 7) is 0.936. The van der Waals surface area contributed by atoms with Crippen molar-refractivity contribution < 1.29 is 9.59 Å². The van der Waals surface area contributed by atoms with Gasteiger partial charge in [-0.3, -0.25) is 9.59 Å². The molecule has 5 heteroatoms. The number of carbonyl (C=O) groups is 2. The molecule has 3 rings (SSSR count). The first-order valence-electron chi connectivity index (χ1n) is 6.27. The number of fused-ring (bicyclic) bond motifs is 1. The van der Waals surface area contributed by atoms with Crippen molar-refractivity contribution >= 4 is 22.7 Å². The van der Waals surface area contributed by atoms with Gasteiger partial charge in [0.25, 0.3) is 0 Å². The average Bonchev–Trinajstić information content (AvgIpc) is 2.97. The second-order valence-electron chi connectivity index (χ2n) is 4.94. The number of aromatic amines is 1. The lowest BCUT2D eigenvalue weighted by Crippen LogP contribution is -2.28. The topological polar surface area (TPSA) is 79.2 Å². The molecule has 0 bridgehead atoms. The number of nitrogens with one attached hydrogen (secondary N) is 1. The highest BCUT2D eigenvalue weighted by molar-refractivity contribution is 5.89. The van der Waals surface area contributed by atoms with Crippen LogP contribution in [0.5, 0.6) is 0 Å². The van der Waals surface area contributed by atoms with Gasteiger partial charge in [0, 0.05) is 25.7 Å². The maximum Gasteiger partial charge on any atom is 0.223 e. The zero-order valence-corrected chi connectivity index (χ0v) is 10.4. The highest BCUT2D eigenvalue weighted by atomic mass is 16.2. The molecular weight excluding hydrogens is 242 g/mol. The first-order valence-corrected chi connectivity index (χ1v) is 6.27. The number of nitrogens with zero attached hydrogens (tertiary/aromatic N) is 1. The van der Waals surface area contributed by atoms with Gasteiger partial charge in [-0.2, -0.15) is 0 Å². The molecule has 2 aromatic rings. The number of carbonyl (C=O) groups excluding carboxylic acids is 2. The van der Waals surface area contributed by atoms with Gasteiger partial charge in [-0.25, -0.2) is 0 Å². The van der Waals surface area contributed by atoms with Gasteiger partial charge in [0.05, 0.1) is 11.4 Å². The molecule has 3 N–H and O–H groups in total. The summed E-state index contributed by atoms with van der Waals surface area (Å²) in [5.74, 6) is -0.753. The molecule has 1 saturated heterocycles. The van der Waals surface area contributed by atoms with Crippen LogP contribution >= 0.6 is 0 Å². The number of nitrogens with two attached hydrogens (primary N) is 1. The molecule has 1 aromatic carbocycles. The fraction of sp³-hybridized carbons (Fsp3) is 0.286. The molecule has 98 valence electrons. The van der Waals surface area contributed by atoms with Gasteiger partial charge in [0.2, 0.25) is 11.8 Å². The van der Waals surface area contributed by atoms with E-state index < -0.39 is 5.91 Å². The standard InChI is InChI=1S/C14H15N3O2/c15-14(19)11-6-12(18)17(8-11)7-10-3-1-2-9-4-5-16-13(9)10/h1-5,11,16H,6-8H2,(H2,15,19). The molecular formula is C14H15N3O2. The van der Waals surface area contributed by atoms with E-state index >= 15 is 0 Å². The van der Waals surface area contributed by atoms with Crippen molar-refractivity contribution in [3.05, 3.63) is 36.0 Å². The molecule has 1 aliphatic rings. The van der Waals surface area contributed by atoms with Gasteiger partial charge in [0.15, 0.2) is 0 Å². The number of aromatic nitrogens is 1. The van der Waals surface area contributed by atoms with Gasteiger partial charge in [-0.1, -0.05) is 18.2 Å². The Morgan fingerprint density at radius 1 is 1.42 bits per heavy atom. The Hall–Kier alpha value is -2.30. The van der Waals surface area contributed by atoms with Crippen LogP contribution in [0.4, 0.5) is 0 Å². The third kappa shape index (κ3) is 2.07. The van der Waals surface area contributed by atoms with E-state index in [1.165, 1.54) is 0 Å². The van der Waals surface area contributed by atoms with Crippen molar-refractivity contribution in [3.63, 3.8) is 0 Å². The van der Waals surface area contributed by atoms with Crippen LogP contribution in [0.2, 0.25) is 0 Å². The smallest absolute Gasteiger partial charge is 0.223 e. The van der Waals surface area contributed by atoms with Crippen molar-refractivity contribution in [2.45, 2.75) is 13.0 Å². The van der Waals surface area contributed by atoms with Crippen molar-refractivity contribution in [3.8, 4) is 0 Å². The summed E-state index contributed by atoms with van der Waals surface area (Å²) in [6.07, 6.45) is 2.11. The van der Waals surface area contributed by atoms with E-state index in [9.17, 15) is 9.59 Å². The Morgan fingerprint density at radius 3 is 3.00 bits per heavy atom. The molecule has 19 heavy (non-hydrogen) atoms. The van der Waals surface area contributed by atoms with Crippen molar-refractivity contribution in [1.82, 2.24) is 9.88 Å². The normalized spacial score (nSPS) is 19.3. The van der Waals surface area contributed by atoms with Gasteiger partial charge in [-0.15, -0.1) is 0 Å². The number of H-pyrrole nitrogens is 1. The van der Waals surface area contributed by atoms with Gasteiger partial charge >= 0.3 is 0 Å². The quantitative estimate of drug-likeness (QED) is 0.860. The molecule has 5 nitrogen and oxygen atoms in total. The second-order valence-corrected chi connectivity index (χ2v) is 4.94. The molecule has 0 radical (unpaired) electrons. The summed E-state index contributed by atoms with van der Waals surface area (Å²) < 4.78 is 0. The van der Waals surface area contributed by atoms with Crippen LogP contribution in [0.3, 0.4) is 0 Å². The molecule has 1 fully saturated rings. The van der Waals surface area contributed by atoms with E-state index in [4.69, 9.17) is 5.73 Å². The lowest BCUT2D eigenvalue weighted by Gasteiger charge is -2.16. The van der Waals surface area contributed by atoms with Crippen LogP contribution in [0.25, 0.3) is 10.9 Å². The lowest BCUT2D eigenvalue weighted by atomic mass is 10.1. The predicted octanol–water partition coefficient (Wildman–Crippen LogP) is 1.00. The highest BCUT2D eigenvalue weighted by Gasteiger charge is 2.33. The highest BCUT2D eigenvalue weighted by Crippen LogP contribution is 2.23. The lowest BCUT2D eigenvalue weighted by molar-refractivity contribution is -0.128. The molecule has 1 unspecified atom stereocenters. The number of likely N-dealkylation sites (tertiary alicyclic amines) is 1. The van der Waals surface area contributed by atoms with E-state index in [2.05, 4.69) is 4.98 Å². The maximum atomic E-state index is 11.9. The number of amides is 2. The molecule has 2 heterocycles. The fourth-order valence-corrected chi connectivity index (χ4v) is 2.60. The molecule has 0 spiro atoms. The van der Waals surface area contributed by atoms with Gasteiger partial charge < -0.3 is 15.6 Å². The minimum Gasteiger partial charge on any atom is -0.369 e. The maximum absolute atomic E-state index is 11.9. The molecule has 1 aromatic heterocycles. The van der Waals surface area contributed by atoms with Crippen molar-refractivity contribution in [1.29, 1.82) is 0 Å². The molecule has 2 amide bonds. The number of para-hydroxylation sites is 1. The van der Waals surface area contributed by atoms with Crippen LogP contribution < -0.4 is 5.73 Å². The Labute approximate surface area is 110 Å². The fourth-order valence-electron chi connectivity index (χ4n) is 2.60.